The average molecular weight is 293 g/mol. The van der Waals surface area contributed by atoms with E-state index in [1.807, 2.05) is 13.8 Å². The van der Waals surface area contributed by atoms with Crippen LogP contribution in [0.2, 0.25) is 0 Å². The molecule has 1 unspecified atom stereocenters. The SMILES string of the molecule is CCC1(CC)CN(Cc2nc(C)c(C)o2)C(C(C)C)CN1. The van der Waals surface area contributed by atoms with Gasteiger partial charge in [0.15, 0.2) is 0 Å². The molecule has 4 nitrogen and oxygen atoms in total. The lowest BCUT2D eigenvalue weighted by Crippen LogP contribution is -2.64. The number of hydrogen-bond donors (Lipinski definition) is 1. The van der Waals surface area contributed by atoms with Gasteiger partial charge < -0.3 is 9.73 Å². The fourth-order valence-corrected chi connectivity index (χ4v) is 3.35. The van der Waals surface area contributed by atoms with Crippen LogP contribution >= 0.6 is 0 Å². The van der Waals surface area contributed by atoms with Crippen molar-refractivity contribution in [2.24, 2.45) is 5.92 Å². The quantitative estimate of drug-likeness (QED) is 0.904. The molecule has 4 heteroatoms. The fourth-order valence-electron chi connectivity index (χ4n) is 3.35. The molecule has 1 atom stereocenters. The molecule has 1 aromatic rings. The van der Waals surface area contributed by atoms with Crippen molar-refractivity contribution in [3.05, 3.63) is 17.3 Å². The van der Waals surface area contributed by atoms with Gasteiger partial charge in [-0.15, -0.1) is 0 Å². The number of hydrogen-bond acceptors (Lipinski definition) is 4. The highest BCUT2D eigenvalue weighted by Gasteiger charge is 2.38. The van der Waals surface area contributed by atoms with Gasteiger partial charge in [0, 0.05) is 24.7 Å². The van der Waals surface area contributed by atoms with E-state index in [2.05, 4.69) is 42.9 Å². The number of nitrogens with one attached hydrogen (secondary N) is 1. The van der Waals surface area contributed by atoms with Crippen LogP contribution in [-0.4, -0.2) is 34.6 Å². The third-order valence-corrected chi connectivity index (χ3v) is 5.20. The smallest absolute Gasteiger partial charge is 0.208 e. The van der Waals surface area contributed by atoms with Crippen LogP contribution in [0.1, 0.15) is 57.9 Å². The summed E-state index contributed by atoms with van der Waals surface area (Å²) >= 11 is 0. The Hall–Kier alpha value is -0.870. The minimum atomic E-state index is 0.238. The van der Waals surface area contributed by atoms with Gasteiger partial charge in [-0.05, 0) is 32.6 Å². The highest BCUT2D eigenvalue weighted by atomic mass is 16.4. The molecular weight excluding hydrogens is 262 g/mol. The first-order chi connectivity index (χ1) is 9.90. The molecule has 1 fully saturated rings. The molecule has 0 spiro atoms. The van der Waals surface area contributed by atoms with E-state index < -0.39 is 0 Å². The maximum absolute atomic E-state index is 5.81. The first-order valence-corrected chi connectivity index (χ1v) is 8.32. The van der Waals surface area contributed by atoms with Gasteiger partial charge >= 0.3 is 0 Å². The summed E-state index contributed by atoms with van der Waals surface area (Å²) in [5, 5.41) is 3.80. The fraction of sp³-hybridized carbons (Fsp3) is 0.824. The minimum absolute atomic E-state index is 0.238. The van der Waals surface area contributed by atoms with Crippen molar-refractivity contribution in [2.45, 2.75) is 72.5 Å². The van der Waals surface area contributed by atoms with Crippen molar-refractivity contribution >= 4 is 0 Å². The van der Waals surface area contributed by atoms with Crippen molar-refractivity contribution in [1.29, 1.82) is 0 Å². The van der Waals surface area contributed by atoms with Gasteiger partial charge in [-0.3, -0.25) is 4.90 Å². The Labute approximate surface area is 129 Å². The van der Waals surface area contributed by atoms with Crippen molar-refractivity contribution in [1.82, 2.24) is 15.2 Å². The number of aryl methyl sites for hydroxylation is 2. The minimum Gasteiger partial charge on any atom is -0.444 e. The van der Waals surface area contributed by atoms with Crippen LogP contribution in [0.15, 0.2) is 4.42 Å². The zero-order chi connectivity index (χ0) is 15.6. The molecule has 0 saturated carbocycles. The van der Waals surface area contributed by atoms with Crippen molar-refractivity contribution in [2.75, 3.05) is 13.1 Å². The molecule has 2 heterocycles. The third kappa shape index (κ3) is 3.49. The Morgan fingerprint density at radius 3 is 2.48 bits per heavy atom. The molecule has 1 saturated heterocycles. The molecule has 0 aromatic carbocycles. The van der Waals surface area contributed by atoms with Gasteiger partial charge in [-0.25, -0.2) is 4.98 Å². The van der Waals surface area contributed by atoms with Gasteiger partial charge in [0.25, 0.3) is 0 Å². The Morgan fingerprint density at radius 1 is 1.33 bits per heavy atom. The number of piperazine rings is 1. The largest absolute Gasteiger partial charge is 0.444 e. The van der Waals surface area contributed by atoms with E-state index in [1.54, 1.807) is 0 Å². The summed E-state index contributed by atoms with van der Waals surface area (Å²) in [5.41, 5.74) is 1.25. The first-order valence-electron chi connectivity index (χ1n) is 8.32. The van der Waals surface area contributed by atoms with E-state index in [1.165, 1.54) is 0 Å². The van der Waals surface area contributed by atoms with E-state index in [0.29, 0.717) is 12.0 Å². The normalized spacial score (nSPS) is 22.9. The van der Waals surface area contributed by atoms with Gasteiger partial charge in [-0.1, -0.05) is 27.7 Å². The van der Waals surface area contributed by atoms with Crippen LogP contribution in [0.25, 0.3) is 0 Å². The summed E-state index contributed by atoms with van der Waals surface area (Å²) in [4.78, 5) is 7.14. The molecule has 0 bridgehead atoms. The van der Waals surface area contributed by atoms with Gasteiger partial charge in [0.05, 0.1) is 12.2 Å². The van der Waals surface area contributed by atoms with Crippen LogP contribution in [0, 0.1) is 19.8 Å². The second-order valence-corrected chi connectivity index (χ2v) is 6.83. The predicted molar refractivity (Wildman–Crippen MR) is 86.3 cm³/mol. The monoisotopic (exact) mass is 293 g/mol. The van der Waals surface area contributed by atoms with E-state index >= 15 is 0 Å². The lowest BCUT2D eigenvalue weighted by molar-refractivity contribution is 0.0380. The third-order valence-electron chi connectivity index (χ3n) is 5.20. The van der Waals surface area contributed by atoms with Crippen molar-refractivity contribution in [3.63, 3.8) is 0 Å². The summed E-state index contributed by atoms with van der Waals surface area (Å²) in [5.74, 6) is 2.43. The highest BCUT2D eigenvalue weighted by Crippen LogP contribution is 2.27. The molecule has 21 heavy (non-hydrogen) atoms. The molecule has 1 aromatic heterocycles. The average Bonchev–Trinajstić information content (AvgIpc) is 2.76. The van der Waals surface area contributed by atoms with E-state index in [0.717, 1.165) is 49.8 Å². The second-order valence-electron chi connectivity index (χ2n) is 6.83. The zero-order valence-corrected chi connectivity index (χ0v) is 14.5. The topological polar surface area (TPSA) is 41.3 Å². The Bertz CT molecular complexity index is 443. The standard InChI is InChI=1S/C17H31N3O/c1-7-17(8-2)11-20(15(9-18-17)12(3)4)10-16-19-13(5)14(6)21-16/h12,15,18H,7-11H2,1-6H3. The maximum atomic E-state index is 5.81. The zero-order valence-electron chi connectivity index (χ0n) is 14.5. The lowest BCUT2D eigenvalue weighted by Gasteiger charge is -2.48. The van der Waals surface area contributed by atoms with Crippen LogP contribution < -0.4 is 5.32 Å². The molecule has 1 aliphatic heterocycles. The van der Waals surface area contributed by atoms with Crippen LogP contribution in [-0.2, 0) is 6.54 Å². The van der Waals surface area contributed by atoms with Crippen LogP contribution in [0.5, 0.6) is 0 Å². The number of rotatable bonds is 5. The maximum Gasteiger partial charge on any atom is 0.208 e. The molecule has 0 amide bonds. The second kappa shape index (κ2) is 6.49. The molecule has 0 radical (unpaired) electrons. The molecule has 2 rings (SSSR count). The molecule has 1 aliphatic rings. The Balaban J connectivity index is 2.17. The Kier molecular flexibility index (Phi) is 5.10. The molecule has 0 aliphatic carbocycles. The van der Waals surface area contributed by atoms with Crippen molar-refractivity contribution < 1.29 is 4.42 Å². The summed E-state index contributed by atoms with van der Waals surface area (Å²) in [6.07, 6.45) is 2.32. The molecular formula is C17H31N3O. The molecule has 1 N–H and O–H groups in total. The number of nitrogens with zero attached hydrogens (tertiary/aromatic N) is 2. The van der Waals surface area contributed by atoms with Crippen LogP contribution in [0.3, 0.4) is 0 Å². The first kappa shape index (κ1) is 16.5. The summed E-state index contributed by atoms with van der Waals surface area (Å²) in [7, 11) is 0. The number of aromatic nitrogens is 1. The summed E-state index contributed by atoms with van der Waals surface area (Å²) in [6, 6.07) is 0.545. The van der Waals surface area contributed by atoms with Gasteiger partial charge in [-0.2, -0.15) is 0 Å². The molecule has 120 valence electrons. The summed E-state index contributed by atoms with van der Waals surface area (Å²) < 4.78 is 5.81. The van der Waals surface area contributed by atoms with Gasteiger partial charge in [0.2, 0.25) is 5.89 Å². The van der Waals surface area contributed by atoms with Gasteiger partial charge in [0.1, 0.15) is 5.76 Å². The predicted octanol–water partition coefficient (Wildman–Crippen LogP) is 3.28. The van der Waals surface area contributed by atoms with E-state index in [-0.39, 0.29) is 5.54 Å². The lowest BCUT2D eigenvalue weighted by atomic mass is 9.86. The van der Waals surface area contributed by atoms with Crippen molar-refractivity contribution in [3.8, 4) is 0 Å². The number of oxazole rings is 1. The van der Waals surface area contributed by atoms with E-state index in [4.69, 9.17) is 4.42 Å². The van der Waals surface area contributed by atoms with Crippen LogP contribution in [0.4, 0.5) is 0 Å². The van der Waals surface area contributed by atoms with E-state index in [9.17, 15) is 0 Å². The Morgan fingerprint density at radius 2 is 2.00 bits per heavy atom. The highest BCUT2D eigenvalue weighted by molar-refractivity contribution is 5.06. The summed E-state index contributed by atoms with van der Waals surface area (Å²) in [6.45, 7) is 16.1.